The van der Waals surface area contributed by atoms with Crippen LogP contribution < -0.4 is 0 Å². The second-order valence-corrected chi connectivity index (χ2v) is 11.6. The van der Waals surface area contributed by atoms with Gasteiger partial charge in [-0.05, 0) is 76.7 Å². The summed E-state index contributed by atoms with van der Waals surface area (Å²) in [6.07, 6.45) is 9.39. The van der Waals surface area contributed by atoms with Crippen LogP contribution in [0, 0.1) is 6.92 Å². The molecule has 1 saturated heterocycles. The van der Waals surface area contributed by atoms with Crippen molar-refractivity contribution in [1.82, 2.24) is 19.6 Å². The van der Waals surface area contributed by atoms with Crippen molar-refractivity contribution < 1.29 is 4.79 Å². The fourth-order valence-electron chi connectivity index (χ4n) is 5.74. The standard InChI is InChI=1S/C34H52N6O/c1-10-33-32(35-7)23-26(3)36-34(40-17-11-12-18-40)24-27(4)37(8)20-21-39(29(6)41)19-13-14-30-16-15-25(2)22-31(30)28(5)38(33)9/h15-16,22-24,33H,5,10-14,17-21H2,1-4,6-9H3/b26-23+,27-24+,35-32+,36-34+. The summed E-state index contributed by atoms with van der Waals surface area (Å²) in [5.74, 6) is 1.11. The number of likely N-dealkylation sites (tertiary alicyclic amines) is 1. The van der Waals surface area contributed by atoms with E-state index in [0.717, 1.165) is 74.1 Å². The number of aryl methyl sites for hydroxylation is 2. The van der Waals surface area contributed by atoms with Crippen molar-refractivity contribution in [3.63, 3.8) is 0 Å². The Bertz CT molecular complexity index is 1200. The Morgan fingerprint density at radius 3 is 2.37 bits per heavy atom. The summed E-state index contributed by atoms with van der Waals surface area (Å²) in [6, 6.07) is 6.71. The van der Waals surface area contributed by atoms with E-state index in [1.807, 2.05) is 11.9 Å². The molecule has 1 fully saturated rings. The Balaban J connectivity index is 2.09. The number of amides is 1. The number of benzene rings is 1. The molecule has 7 nitrogen and oxygen atoms in total. The summed E-state index contributed by atoms with van der Waals surface area (Å²) < 4.78 is 0. The molecule has 0 N–H and O–H groups in total. The van der Waals surface area contributed by atoms with Gasteiger partial charge in [-0.15, -0.1) is 0 Å². The highest BCUT2D eigenvalue weighted by molar-refractivity contribution is 6.01. The molecule has 0 radical (unpaired) electrons. The van der Waals surface area contributed by atoms with Crippen LogP contribution in [0.25, 0.3) is 5.70 Å². The van der Waals surface area contributed by atoms with Crippen LogP contribution in [0.5, 0.6) is 0 Å². The van der Waals surface area contributed by atoms with Gasteiger partial charge in [-0.2, -0.15) is 0 Å². The van der Waals surface area contributed by atoms with Crippen LogP contribution >= 0.6 is 0 Å². The van der Waals surface area contributed by atoms with Crippen LogP contribution in [0.2, 0.25) is 0 Å². The van der Waals surface area contributed by atoms with E-state index in [9.17, 15) is 4.79 Å². The van der Waals surface area contributed by atoms with Crippen LogP contribution in [-0.4, -0.2) is 97.0 Å². The maximum Gasteiger partial charge on any atom is 0.219 e. The van der Waals surface area contributed by atoms with Crippen molar-refractivity contribution in [2.24, 2.45) is 9.98 Å². The number of hydrogen-bond acceptors (Lipinski definition) is 6. The predicted molar refractivity (Wildman–Crippen MR) is 174 cm³/mol. The molecule has 0 spiro atoms. The third-order valence-electron chi connectivity index (χ3n) is 8.50. The minimum atomic E-state index is 0.0694. The Labute approximate surface area is 249 Å². The zero-order chi connectivity index (χ0) is 30.1. The van der Waals surface area contributed by atoms with Crippen LogP contribution in [-0.2, 0) is 11.2 Å². The number of carbonyl (C=O) groups excluding carboxylic acids is 1. The number of fused-ring (bicyclic) bond motifs is 1. The summed E-state index contributed by atoms with van der Waals surface area (Å²) in [5.41, 5.74) is 7.72. The molecule has 0 saturated carbocycles. The van der Waals surface area contributed by atoms with Gasteiger partial charge in [-0.25, -0.2) is 4.99 Å². The van der Waals surface area contributed by atoms with Gasteiger partial charge < -0.3 is 19.6 Å². The lowest BCUT2D eigenvalue weighted by molar-refractivity contribution is -0.129. The van der Waals surface area contributed by atoms with Gasteiger partial charge in [0.1, 0.15) is 5.84 Å². The van der Waals surface area contributed by atoms with E-state index in [4.69, 9.17) is 9.98 Å². The number of allylic oxidation sites excluding steroid dienone is 2. The molecule has 2 aliphatic heterocycles. The van der Waals surface area contributed by atoms with E-state index in [-0.39, 0.29) is 11.9 Å². The smallest absolute Gasteiger partial charge is 0.219 e. The average molecular weight is 561 g/mol. The lowest BCUT2D eigenvalue weighted by atomic mass is 9.96. The van der Waals surface area contributed by atoms with Gasteiger partial charge in [-0.3, -0.25) is 9.79 Å². The topological polar surface area (TPSA) is 54.8 Å². The summed E-state index contributed by atoms with van der Waals surface area (Å²) in [4.78, 5) is 31.3. The molecule has 2 aliphatic rings. The Morgan fingerprint density at radius 1 is 1.02 bits per heavy atom. The third kappa shape index (κ3) is 8.57. The van der Waals surface area contributed by atoms with Crippen LogP contribution in [0.4, 0.5) is 0 Å². The highest BCUT2D eigenvalue weighted by Gasteiger charge is 2.22. The van der Waals surface area contributed by atoms with E-state index in [1.165, 1.54) is 29.5 Å². The van der Waals surface area contributed by atoms with Gasteiger partial charge in [0.2, 0.25) is 5.91 Å². The number of likely N-dealkylation sites (N-methyl/N-ethyl adjacent to an activating group) is 1. The molecule has 1 aromatic rings. The zero-order valence-electron chi connectivity index (χ0n) is 26.8. The summed E-state index contributed by atoms with van der Waals surface area (Å²) in [6.45, 7) is 19.0. The predicted octanol–water partition coefficient (Wildman–Crippen LogP) is 5.78. The zero-order valence-corrected chi connectivity index (χ0v) is 26.8. The van der Waals surface area contributed by atoms with Gasteiger partial charge >= 0.3 is 0 Å². The molecule has 0 aromatic heterocycles. The van der Waals surface area contributed by atoms with Crippen molar-refractivity contribution >= 4 is 23.2 Å². The van der Waals surface area contributed by atoms with Gasteiger partial charge in [-0.1, -0.05) is 31.2 Å². The molecular formula is C34H52N6O. The SMILES string of the molecule is C=C1c2cc(C)ccc2CCCN(C(C)=O)CCN(C)/C(C)=C/C(N2CCCC2)=N\C(C)=C\C(=N/C)C(CC)N1C. The van der Waals surface area contributed by atoms with Crippen LogP contribution in [0.3, 0.4) is 0 Å². The molecule has 0 aliphatic carbocycles. The van der Waals surface area contributed by atoms with E-state index in [1.54, 1.807) is 6.92 Å². The molecule has 41 heavy (non-hydrogen) atoms. The van der Waals surface area contributed by atoms with Crippen molar-refractivity contribution in [2.75, 3.05) is 53.9 Å². The molecular weight excluding hydrogens is 508 g/mol. The molecule has 224 valence electrons. The van der Waals surface area contributed by atoms with E-state index >= 15 is 0 Å². The number of rotatable bonds is 1. The molecule has 3 rings (SSSR count). The highest BCUT2D eigenvalue weighted by atomic mass is 16.2. The number of aliphatic imine (C=N–C) groups is 2. The van der Waals surface area contributed by atoms with E-state index in [0.29, 0.717) is 6.54 Å². The van der Waals surface area contributed by atoms with Gasteiger partial charge in [0.25, 0.3) is 0 Å². The Hall–Kier alpha value is -3.35. The molecule has 1 aromatic carbocycles. The molecule has 1 unspecified atom stereocenters. The highest BCUT2D eigenvalue weighted by Crippen LogP contribution is 2.27. The van der Waals surface area contributed by atoms with Gasteiger partial charge in [0, 0.05) is 83.4 Å². The third-order valence-corrected chi connectivity index (χ3v) is 8.50. The minimum absolute atomic E-state index is 0.0694. The second-order valence-electron chi connectivity index (χ2n) is 11.6. The molecule has 1 amide bonds. The number of hydrogen-bond donors (Lipinski definition) is 0. The Kier molecular flexibility index (Phi) is 11.8. The Morgan fingerprint density at radius 2 is 1.73 bits per heavy atom. The maximum absolute atomic E-state index is 12.6. The molecule has 7 heteroatoms. The quantitative estimate of drug-likeness (QED) is 0.437. The molecule has 1 atom stereocenters. The van der Waals surface area contributed by atoms with Crippen molar-refractivity contribution in [3.8, 4) is 0 Å². The lowest BCUT2D eigenvalue weighted by Crippen LogP contribution is -2.37. The number of nitrogens with zero attached hydrogens (tertiary/aromatic N) is 6. The fourth-order valence-corrected chi connectivity index (χ4v) is 5.74. The van der Waals surface area contributed by atoms with Gasteiger partial charge in [0.05, 0.1) is 11.8 Å². The van der Waals surface area contributed by atoms with Crippen LogP contribution in [0.1, 0.15) is 70.1 Å². The largest absolute Gasteiger partial charge is 0.376 e. The monoisotopic (exact) mass is 560 g/mol. The minimum Gasteiger partial charge on any atom is -0.376 e. The first-order chi connectivity index (χ1) is 19.5. The van der Waals surface area contributed by atoms with Crippen molar-refractivity contribution in [1.29, 1.82) is 0 Å². The second kappa shape index (κ2) is 15.0. The number of carbonyl (C=O) groups is 1. The van der Waals surface area contributed by atoms with Gasteiger partial charge in [0.15, 0.2) is 0 Å². The van der Waals surface area contributed by atoms with E-state index < -0.39 is 0 Å². The lowest BCUT2D eigenvalue weighted by Gasteiger charge is -2.32. The molecule has 2 heterocycles. The van der Waals surface area contributed by atoms with Crippen molar-refractivity contribution in [3.05, 3.63) is 65.0 Å². The summed E-state index contributed by atoms with van der Waals surface area (Å²) in [5, 5.41) is 0. The van der Waals surface area contributed by atoms with Crippen LogP contribution in [0.15, 0.2) is 58.3 Å². The van der Waals surface area contributed by atoms with E-state index in [2.05, 4.69) is 93.4 Å². The first kappa shape index (κ1) is 32.2. The van der Waals surface area contributed by atoms with Crippen molar-refractivity contribution in [2.45, 2.75) is 72.8 Å². The number of amidine groups is 1. The average Bonchev–Trinajstić information content (AvgIpc) is 3.48. The maximum atomic E-state index is 12.6. The first-order valence-electron chi connectivity index (χ1n) is 15.2. The normalized spacial score (nSPS) is 25.4. The summed E-state index contributed by atoms with van der Waals surface area (Å²) >= 11 is 0. The fraction of sp³-hybridized carbons (Fsp3) is 0.559. The molecule has 0 bridgehead atoms. The summed E-state index contributed by atoms with van der Waals surface area (Å²) in [7, 11) is 6.10. The first-order valence-corrected chi connectivity index (χ1v) is 15.2.